The fraction of sp³-hybridized carbons (Fsp3) is 0. The molecule has 0 spiro atoms. The van der Waals surface area contributed by atoms with E-state index in [-0.39, 0.29) is 0 Å². The Hall–Kier alpha value is -3.33. The van der Waals surface area contributed by atoms with Gasteiger partial charge in [-0.1, -0.05) is 78.3 Å². The van der Waals surface area contributed by atoms with Gasteiger partial charge in [-0.2, -0.15) is 0 Å². The molecule has 0 atom stereocenters. The predicted octanol–water partition coefficient (Wildman–Crippen LogP) is 9.33. The van der Waals surface area contributed by atoms with Gasteiger partial charge in [0.1, 0.15) is 0 Å². The van der Waals surface area contributed by atoms with Crippen molar-refractivity contribution in [2.45, 2.75) is 0 Å². The predicted molar refractivity (Wildman–Crippen MR) is 137 cm³/mol. The highest BCUT2D eigenvalue weighted by molar-refractivity contribution is 7.26. The van der Waals surface area contributed by atoms with Crippen molar-refractivity contribution in [3.8, 4) is 0 Å². The van der Waals surface area contributed by atoms with Gasteiger partial charge < -0.3 is 4.90 Å². The molecule has 5 aromatic carbocycles. The highest BCUT2D eigenvalue weighted by atomic mass is 35.5. The van der Waals surface area contributed by atoms with Crippen LogP contribution in [0.1, 0.15) is 0 Å². The number of hydrogen-bond acceptors (Lipinski definition) is 2. The normalized spacial score (nSPS) is 11.4. The Morgan fingerprint density at radius 3 is 1.97 bits per heavy atom. The van der Waals surface area contributed by atoms with E-state index in [1.54, 1.807) is 0 Å². The second-order valence-electron chi connectivity index (χ2n) is 7.54. The number of benzene rings is 5. The molecule has 1 nitrogen and oxygen atoms in total. The summed E-state index contributed by atoms with van der Waals surface area (Å²) in [5.74, 6) is 0. The second-order valence-corrected chi connectivity index (χ2v) is 9.00. The molecule has 0 saturated carbocycles. The van der Waals surface area contributed by atoms with Crippen LogP contribution in [0.4, 0.5) is 17.1 Å². The van der Waals surface area contributed by atoms with Crippen LogP contribution in [0.15, 0.2) is 109 Å². The molecular formula is C28H18ClNS. The van der Waals surface area contributed by atoms with E-state index in [9.17, 15) is 0 Å². The first-order valence-corrected chi connectivity index (χ1v) is 11.4. The zero-order chi connectivity index (χ0) is 20.8. The molecule has 0 aliphatic rings. The van der Waals surface area contributed by atoms with Crippen LogP contribution in [0.25, 0.3) is 30.9 Å². The number of fused-ring (bicyclic) bond motifs is 4. The molecule has 3 heteroatoms. The van der Waals surface area contributed by atoms with Crippen molar-refractivity contribution in [3.05, 3.63) is 114 Å². The molecule has 0 aliphatic heterocycles. The van der Waals surface area contributed by atoms with Gasteiger partial charge in [0, 0.05) is 37.3 Å². The lowest BCUT2D eigenvalue weighted by atomic mass is 10.0. The van der Waals surface area contributed by atoms with Crippen LogP contribution in [-0.2, 0) is 0 Å². The molecule has 6 rings (SSSR count). The van der Waals surface area contributed by atoms with Crippen LogP contribution < -0.4 is 4.90 Å². The molecule has 0 bridgehead atoms. The lowest BCUT2D eigenvalue weighted by Gasteiger charge is -2.27. The molecule has 0 fully saturated rings. The summed E-state index contributed by atoms with van der Waals surface area (Å²) in [7, 11) is 0. The summed E-state index contributed by atoms with van der Waals surface area (Å²) in [6, 6.07) is 38.2. The van der Waals surface area contributed by atoms with Crippen molar-refractivity contribution in [2.24, 2.45) is 0 Å². The monoisotopic (exact) mass is 435 g/mol. The van der Waals surface area contributed by atoms with E-state index in [0.29, 0.717) is 0 Å². The Balaban J connectivity index is 1.81. The smallest absolute Gasteiger partial charge is 0.0718 e. The third kappa shape index (κ3) is 2.99. The minimum atomic E-state index is 0.802. The molecule has 0 radical (unpaired) electrons. The average molecular weight is 436 g/mol. The van der Waals surface area contributed by atoms with Gasteiger partial charge >= 0.3 is 0 Å². The fourth-order valence-corrected chi connectivity index (χ4v) is 5.93. The largest absolute Gasteiger partial charge is 0.308 e. The van der Waals surface area contributed by atoms with Crippen molar-refractivity contribution in [3.63, 3.8) is 0 Å². The Bertz CT molecular complexity index is 1500. The number of halogens is 1. The number of anilines is 3. The van der Waals surface area contributed by atoms with Gasteiger partial charge in [-0.15, -0.1) is 11.3 Å². The quantitative estimate of drug-likeness (QED) is 0.267. The number of hydrogen-bond donors (Lipinski definition) is 0. The van der Waals surface area contributed by atoms with Crippen LogP contribution in [0, 0.1) is 0 Å². The number of rotatable bonds is 3. The molecule has 1 heterocycles. The number of para-hydroxylation sites is 2. The summed E-state index contributed by atoms with van der Waals surface area (Å²) < 4.78 is 2.45. The van der Waals surface area contributed by atoms with Gasteiger partial charge in [0.15, 0.2) is 0 Å². The third-order valence-corrected chi connectivity index (χ3v) is 7.18. The number of thiophene rings is 1. The zero-order valence-electron chi connectivity index (χ0n) is 16.6. The van der Waals surface area contributed by atoms with Crippen molar-refractivity contribution in [2.75, 3.05) is 4.90 Å². The SMILES string of the molecule is Clc1cccc2sc3c(N(c4ccccc4)c4ccccc4)c4ccccc4cc3c12. The maximum absolute atomic E-state index is 6.69. The first kappa shape index (κ1) is 18.4. The fourth-order valence-electron chi connectivity index (χ4n) is 4.34. The minimum absolute atomic E-state index is 0.802. The lowest BCUT2D eigenvalue weighted by molar-refractivity contribution is 1.31. The topological polar surface area (TPSA) is 3.24 Å². The van der Waals surface area contributed by atoms with E-state index < -0.39 is 0 Å². The lowest BCUT2D eigenvalue weighted by Crippen LogP contribution is -2.10. The van der Waals surface area contributed by atoms with E-state index in [0.717, 1.165) is 21.8 Å². The highest BCUT2D eigenvalue weighted by Gasteiger charge is 2.21. The Labute approximate surface area is 189 Å². The van der Waals surface area contributed by atoms with Crippen molar-refractivity contribution < 1.29 is 0 Å². The summed E-state index contributed by atoms with van der Waals surface area (Å²) in [6.45, 7) is 0. The van der Waals surface area contributed by atoms with E-state index in [1.807, 2.05) is 23.5 Å². The molecule has 0 unspecified atom stereocenters. The maximum atomic E-state index is 6.69. The van der Waals surface area contributed by atoms with Crippen molar-refractivity contribution in [1.29, 1.82) is 0 Å². The van der Waals surface area contributed by atoms with Crippen LogP contribution in [0.2, 0.25) is 5.02 Å². The van der Waals surface area contributed by atoms with E-state index >= 15 is 0 Å². The Morgan fingerprint density at radius 1 is 0.613 bits per heavy atom. The molecule has 0 aliphatic carbocycles. The van der Waals surface area contributed by atoms with E-state index in [4.69, 9.17) is 11.6 Å². The maximum Gasteiger partial charge on any atom is 0.0718 e. The van der Waals surface area contributed by atoms with Gasteiger partial charge in [-0.25, -0.2) is 0 Å². The van der Waals surface area contributed by atoms with Gasteiger partial charge in [0.2, 0.25) is 0 Å². The van der Waals surface area contributed by atoms with Crippen LogP contribution in [-0.4, -0.2) is 0 Å². The molecule has 31 heavy (non-hydrogen) atoms. The van der Waals surface area contributed by atoms with Crippen LogP contribution >= 0.6 is 22.9 Å². The summed E-state index contributed by atoms with van der Waals surface area (Å²) in [5, 5.41) is 5.58. The van der Waals surface area contributed by atoms with Crippen LogP contribution in [0.3, 0.4) is 0 Å². The van der Waals surface area contributed by atoms with Crippen molar-refractivity contribution in [1.82, 2.24) is 0 Å². The summed E-state index contributed by atoms with van der Waals surface area (Å²) in [5.41, 5.74) is 3.47. The Kier molecular flexibility index (Phi) is 4.41. The molecular weight excluding hydrogens is 418 g/mol. The second kappa shape index (κ2) is 7.42. The average Bonchev–Trinajstić information content (AvgIpc) is 3.20. The zero-order valence-corrected chi connectivity index (χ0v) is 18.2. The third-order valence-electron chi connectivity index (χ3n) is 5.68. The van der Waals surface area contributed by atoms with E-state index in [1.165, 1.54) is 31.2 Å². The molecule has 1 aromatic heterocycles. The van der Waals surface area contributed by atoms with Crippen molar-refractivity contribution >= 4 is 70.9 Å². The highest BCUT2D eigenvalue weighted by Crippen LogP contribution is 2.49. The summed E-state index contributed by atoms with van der Waals surface area (Å²) in [4.78, 5) is 2.37. The van der Waals surface area contributed by atoms with Gasteiger partial charge in [0.05, 0.1) is 10.4 Å². The molecule has 148 valence electrons. The standard InChI is InChI=1S/C28H18ClNS/c29-24-16-9-17-25-26(24)23-18-19-10-7-8-15-22(19)27(28(23)31-25)30(20-11-3-1-4-12-20)21-13-5-2-6-14-21/h1-18H. The van der Waals surface area contributed by atoms with Crippen LogP contribution in [0.5, 0.6) is 0 Å². The van der Waals surface area contributed by atoms with Gasteiger partial charge in [-0.3, -0.25) is 0 Å². The molecule has 0 amide bonds. The van der Waals surface area contributed by atoms with Gasteiger partial charge in [-0.05, 0) is 47.9 Å². The minimum Gasteiger partial charge on any atom is -0.308 e. The van der Waals surface area contributed by atoms with Gasteiger partial charge in [0.25, 0.3) is 0 Å². The number of nitrogens with zero attached hydrogens (tertiary/aromatic N) is 1. The molecule has 0 N–H and O–H groups in total. The molecule has 6 aromatic rings. The first-order chi connectivity index (χ1) is 15.3. The Morgan fingerprint density at radius 2 is 1.26 bits per heavy atom. The summed E-state index contributed by atoms with van der Waals surface area (Å²) >= 11 is 8.50. The first-order valence-electron chi connectivity index (χ1n) is 10.2. The molecule has 0 saturated heterocycles. The summed E-state index contributed by atoms with van der Waals surface area (Å²) in [6.07, 6.45) is 0. The van der Waals surface area contributed by atoms with E-state index in [2.05, 4.69) is 102 Å².